The van der Waals surface area contributed by atoms with Crippen LogP contribution in [0, 0.1) is 0 Å². The SMILES string of the molecule is c1cncc(-c2cccc(-n3ccc4c5cc(-n6ccc7c8ccccc8oc76)ccc5oc43)c2)c1. The number of aromatic nitrogens is 3. The highest BCUT2D eigenvalue weighted by Gasteiger charge is 2.16. The standard InChI is InChI=1S/C31H19N3O2/c1-2-9-28-24(8-1)25-12-15-34(30(25)35-28)23-10-11-29-27(18-23)26-13-16-33(31(26)36-29)22-7-3-5-20(17-22)21-6-4-14-32-19-21/h1-19H. The van der Waals surface area contributed by atoms with E-state index in [1.165, 1.54) is 0 Å². The average molecular weight is 466 g/mol. The third-order valence-electron chi connectivity index (χ3n) is 6.92. The largest absolute Gasteiger partial charge is 0.439 e. The highest BCUT2D eigenvalue weighted by molar-refractivity contribution is 6.07. The van der Waals surface area contributed by atoms with Gasteiger partial charge in [-0.3, -0.25) is 14.1 Å². The minimum atomic E-state index is 0.826. The predicted molar refractivity (Wildman–Crippen MR) is 143 cm³/mol. The molecule has 5 nitrogen and oxygen atoms in total. The first-order chi connectivity index (χ1) is 17.8. The molecule has 5 heterocycles. The summed E-state index contributed by atoms with van der Waals surface area (Å²) in [5, 5.41) is 4.39. The van der Waals surface area contributed by atoms with Gasteiger partial charge >= 0.3 is 0 Å². The molecule has 8 rings (SSSR count). The van der Waals surface area contributed by atoms with Crippen molar-refractivity contribution >= 4 is 44.1 Å². The van der Waals surface area contributed by atoms with Crippen LogP contribution in [0.25, 0.3) is 66.6 Å². The van der Waals surface area contributed by atoms with Gasteiger partial charge < -0.3 is 8.83 Å². The molecule has 0 atom stereocenters. The topological polar surface area (TPSA) is 49.0 Å². The van der Waals surface area contributed by atoms with Gasteiger partial charge in [-0.25, -0.2) is 0 Å². The van der Waals surface area contributed by atoms with Crippen molar-refractivity contribution in [1.82, 2.24) is 14.1 Å². The van der Waals surface area contributed by atoms with Crippen molar-refractivity contribution in [3.8, 4) is 22.5 Å². The molecule has 0 radical (unpaired) electrons. The fraction of sp³-hybridized carbons (Fsp3) is 0. The van der Waals surface area contributed by atoms with Crippen LogP contribution in [0.5, 0.6) is 0 Å². The Morgan fingerprint density at radius 1 is 0.528 bits per heavy atom. The molecule has 3 aromatic carbocycles. The summed E-state index contributed by atoms with van der Waals surface area (Å²) in [7, 11) is 0. The smallest absolute Gasteiger partial charge is 0.212 e. The van der Waals surface area contributed by atoms with Crippen LogP contribution in [0.2, 0.25) is 0 Å². The van der Waals surface area contributed by atoms with Gasteiger partial charge in [-0.2, -0.15) is 0 Å². The Labute approximate surface area is 205 Å². The number of para-hydroxylation sites is 1. The molecule has 0 bridgehead atoms. The molecule has 0 unspecified atom stereocenters. The van der Waals surface area contributed by atoms with Gasteiger partial charge in [-0.15, -0.1) is 0 Å². The van der Waals surface area contributed by atoms with Gasteiger partial charge in [0.25, 0.3) is 0 Å². The highest BCUT2D eigenvalue weighted by Crippen LogP contribution is 2.35. The van der Waals surface area contributed by atoms with Crippen LogP contribution in [-0.2, 0) is 0 Å². The van der Waals surface area contributed by atoms with E-state index in [9.17, 15) is 0 Å². The lowest BCUT2D eigenvalue weighted by atomic mass is 10.1. The van der Waals surface area contributed by atoms with E-state index >= 15 is 0 Å². The fourth-order valence-corrected chi connectivity index (χ4v) is 5.18. The second-order valence-electron chi connectivity index (χ2n) is 8.98. The second-order valence-corrected chi connectivity index (χ2v) is 8.98. The Morgan fingerprint density at radius 3 is 2.06 bits per heavy atom. The summed E-state index contributed by atoms with van der Waals surface area (Å²) < 4.78 is 16.7. The molecule has 36 heavy (non-hydrogen) atoms. The molecule has 0 N–H and O–H groups in total. The first kappa shape index (κ1) is 19.3. The van der Waals surface area contributed by atoms with E-state index in [-0.39, 0.29) is 0 Å². The third-order valence-corrected chi connectivity index (χ3v) is 6.92. The van der Waals surface area contributed by atoms with Crippen molar-refractivity contribution in [2.75, 3.05) is 0 Å². The zero-order valence-electron chi connectivity index (χ0n) is 19.1. The maximum atomic E-state index is 6.35. The Bertz CT molecular complexity index is 2050. The molecule has 0 spiro atoms. The van der Waals surface area contributed by atoms with Crippen LogP contribution in [0.4, 0.5) is 0 Å². The summed E-state index contributed by atoms with van der Waals surface area (Å²) >= 11 is 0. The number of furan rings is 2. The van der Waals surface area contributed by atoms with Crippen LogP contribution >= 0.6 is 0 Å². The lowest BCUT2D eigenvalue weighted by molar-refractivity contribution is 0.640. The average Bonchev–Trinajstić information content (AvgIpc) is 3.69. The monoisotopic (exact) mass is 465 g/mol. The van der Waals surface area contributed by atoms with Crippen molar-refractivity contribution in [1.29, 1.82) is 0 Å². The lowest BCUT2D eigenvalue weighted by Gasteiger charge is -2.06. The molecule has 0 aliphatic carbocycles. The van der Waals surface area contributed by atoms with Gasteiger partial charge in [-0.05, 0) is 60.2 Å². The predicted octanol–water partition coefficient (Wildman–Crippen LogP) is 8.13. The number of benzene rings is 3. The van der Waals surface area contributed by atoms with Crippen LogP contribution in [0.3, 0.4) is 0 Å². The molecular weight excluding hydrogens is 446 g/mol. The van der Waals surface area contributed by atoms with E-state index < -0.39 is 0 Å². The van der Waals surface area contributed by atoms with Crippen LogP contribution in [-0.4, -0.2) is 14.1 Å². The summed E-state index contributed by atoms with van der Waals surface area (Å²) in [4.78, 5) is 4.26. The maximum Gasteiger partial charge on any atom is 0.212 e. The molecule has 0 aliphatic rings. The van der Waals surface area contributed by atoms with E-state index in [0.717, 1.165) is 66.6 Å². The number of hydrogen-bond acceptors (Lipinski definition) is 3. The molecule has 5 aromatic heterocycles. The van der Waals surface area contributed by atoms with Gasteiger partial charge in [0.05, 0.1) is 0 Å². The molecule has 0 saturated carbocycles. The normalized spacial score (nSPS) is 11.9. The number of rotatable bonds is 3. The van der Waals surface area contributed by atoms with E-state index in [4.69, 9.17) is 8.83 Å². The van der Waals surface area contributed by atoms with Crippen LogP contribution in [0.1, 0.15) is 0 Å². The van der Waals surface area contributed by atoms with Crippen LogP contribution < -0.4 is 0 Å². The van der Waals surface area contributed by atoms with Crippen molar-refractivity contribution in [2.45, 2.75) is 0 Å². The summed E-state index contributed by atoms with van der Waals surface area (Å²) in [6.07, 6.45) is 7.80. The fourth-order valence-electron chi connectivity index (χ4n) is 5.18. The first-order valence-corrected chi connectivity index (χ1v) is 11.9. The molecule has 5 heteroatoms. The zero-order chi connectivity index (χ0) is 23.6. The van der Waals surface area contributed by atoms with Gasteiger partial charge in [0.15, 0.2) is 0 Å². The number of nitrogens with zero attached hydrogens (tertiary/aromatic N) is 3. The second kappa shape index (κ2) is 7.23. The first-order valence-electron chi connectivity index (χ1n) is 11.9. The third kappa shape index (κ3) is 2.74. The lowest BCUT2D eigenvalue weighted by Crippen LogP contribution is -1.91. The number of pyridine rings is 1. The van der Waals surface area contributed by atoms with Crippen molar-refractivity contribution in [3.63, 3.8) is 0 Å². The molecule has 0 aliphatic heterocycles. The minimum absolute atomic E-state index is 0.826. The van der Waals surface area contributed by atoms with E-state index in [1.807, 2.05) is 36.5 Å². The number of hydrogen-bond donors (Lipinski definition) is 0. The van der Waals surface area contributed by atoms with Gasteiger partial charge in [-0.1, -0.05) is 36.4 Å². The molecule has 8 aromatic rings. The maximum absolute atomic E-state index is 6.35. The van der Waals surface area contributed by atoms with Gasteiger partial charge in [0.1, 0.15) is 11.2 Å². The Morgan fingerprint density at radius 2 is 1.25 bits per heavy atom. The molecular formula is C31H19N3O2. The Kier molecular flexibility index (Phi) is 3.88. The van der Waals surface area contributed by atoms with Gasteiger partial charge in [0.2, 0.25) is 11.4 Å². The summed E-state index contributed by atoms with van der Waals surface area (Å²) in [5.41, 5.74) is 7.70. The van der Waals surface area contributed by atoms with Crippen LogP contribution in [0.15, 0.2) is 125 Å². The molecule has 170 valence electrons. The Balaban J connectivity index is 1.27. The van der Waals surface area contributed by atoms with Gasteiger partial charge in [0, 0.05) is 63.3 Å². The minimum Gasteiger partial charge on any atom is -0.439 e. The summed E-state index contributed by atoms with van der Waals surface area (Å²) in [5.74, 6) is 0. The molecule has 0 fully saturated rings. The van der Waals surface area contributed by atoms with Crippen molar-refractivity contribution in [2.24, 2.45) is 0 Å². The molecule has 0 amide bonds. The van der Waals surface area contributed by atoms with Crippen molar-refractivity contribution in [3.05, 3.63) is 116 Å². The Hall–Kier alpha value is -5.03. The summed E-state index contributed by atoms with van der Waals surface area (Å²) in [6.45, 7) is 0. The van der Waals surface area contributed by atoms with E-state index in [2.05, 4.69) is 87.2 Å². The number of fused-ring (bicyclic) bond motifs is 6. The van der Waals surface area contributed by atoms with E-state index in [1.54, 1.807) is 6.20 Å². The molecule has 0 saturated heterocycles. The quantitative estimate of drug-likeness (QED) is 0.265. The highest BCUT2D eigenvalue weighted by atomic mass is 16.3. The summed E-state index contributed by atoms with van der Waals surface area (Å²) in [6, 6.07) is 31.1. The zero-order valence-corrected chi connectivity index (χ0v) is 19.1. The van der Waals surface area contributed by atoms with E-state index in [0.29, 0.717) is 0 Å². The van der Waals surface area contributed by atoms with Crippen molar-refractivity contribution < 1.29 is 8.83 Å².